The molecule has 0 fully saturated rings. The Morgan fingerprint density at radius 1 is 1.89 bits per heavy atom. The fraction of sp³-hybridized carbons (Fsp3) is 0.333. The minimum atomic E-state index is -0.0181. The van der Waals surface area contributed by atoms with Crippen molar-refractivity contribution < 1.29 is 4.79 Å². The minimum Gasteiger partial charge on any atom is -0.387 e. The van der Waals surface area contributed by atoms with Crippen LogP contribution in [0.15, 0.2) is 16.8 Å². The molecule has 0 radical (unpaired) electrons. The number of aliphatic imine (C=N–C) groups is 1. The number of allylic oxidation sites excluding steroid dienone is 1. The van der Waals surface area contributed by atoms with Gasteiger partial charge in [0.2, 0.25) is 0 Å². The summed E-state index contributed by atoms with van der Waals surface area (Å²) in [6.07, 6.45) is 2.35. The summed E-state index contributed by atoms with van der Waals surface area (Å²) < 4.78 is 0. The van der Waals surface area contributed by atoms with Crippen LogP contribution >= 0.6 is 0 Å². The van der Waals surface area contributed by atoms with Gasteiger partial charge in [-0.05, 0) is 6.08 Å². The summed E-state index contributed by atoms with van der Waals surface area (Å²) in [6, 6.07) is 0. The SMILES string of the molecule is CC(=O)C1=CCC(N)=N1. The largest absolute Gasteiger partial charge is 0.387 e. The zero-order valence-electron chi connectivity index (χ0n) is 5.22. The molecule has 0 aromatic rings. The van der Waals surface area contributed by atoms with Gasteiger partial charge < -0.3 is 5.73 Å². The van der Waals surface area contributed by atoms with Gasteiger partial charge in [0.25, 0.3) is 0 Å². The van der Waals surface area contributed by atoms with Crippen LogP contribution in [-0.2, 0) is 4.79 Å². The number of hydrogen-bond acceptors (Lipinski definition) is 3. The van der Waals surface area contributed by atoms with E-state index in [9.17, 15) is 4.79 Å². The predicted molar refractivity (Wildman–Crippen MR) is 35.0 cm³/mol. The van der Waals surface area contributed by atoms with Crippen LogP contribution in [0.4, 0.5) is 0 Å². The molecule has 0 bridgehead atoms. The maximum Gasteiger partial charge on any atom is 0.177 e. The molecule has 2 N–H and O–H groups in total. The average Bonchev–Trinajstić information content (AvgIpc) is 2.14. The average molecular weight is 124 g/mol. The molecular formula is C6H8N2O. The van der Waals surface area contributed by atoms with Crippen LogP contribution in [0.2, 0.25) is 0 Å². The number of ketones is 1. The molecule has 1 heterocycles. The second kappa shape index (κ2) is 2.01. The Morgan fingerprint density at radius 3 is 2.78 bits per heavy atom. The lowest BCUT2D eigenvalue weighted by Gasteiger charge is -1.85. The normalized spacial score (nSPS) is 17.0. The highest BCUT2D eigenvalue weighted by atomic mass is 16.1. The lowest BCUT2D eigenvalue weighted by atomic mass is 10.3. The molecular weight excluding hydrogens is 116 g/mol. The monoisotopic (exact) mass is 124 g/mol. The molecule has 3 nitrogen and oxygen atoms in total. The highest BCUT2D eigenvalue weighted by Crippen LogP contribution is 2.07. The first-order valence-corrected chi connectivity index (χ1v) is 2.74. The van der Waals surface area contributed by atoms with Crippen LogP contribution < -0.4 is 5.73 Å². The molecule has 1 rings (SSSR count). The Balaban J connectivity index is 2.75. The zero-order valence-corrected chi connectivity index (χ0v) is 5.22. The highest BCUT2D eigenvalue weighted by Gasteiger charge is 2.07. The molecule has 0 saturated heterocycles. The van der Waals surface area contributed by atoms with Gasteiger partial charge in [-0.2, -0.15) is 0 Å². The van der Waals surface area contributed by atoms with E-state index in [2.05, 4.69) is 4.99 Å². The van der Waals surface area contributed by atoms with E-state index < -0.39 is 0 Å². The van der Waals surface area contributed by atoms with Crippen molar-refractivity contribution in [1.82, 2.24) is 0 Å². The van der Waals surface area contributed by atoms with E-state index in [4.69, 9.17) is 5.73 Å². The molecule has 0 spiro atoms. The van der Waals surface area contributed by atoms with Gasteiger partial charge in [-0.15, -0.1) is 0 Å². The molecule has 0 amide bonds. The first kappa shape index (κ1) is 6.01. The van der Waals surface area contributed by atoms with Crippen molar-refractivity contribution in [3.8, 4) is 0 Å². The minimum absolute atomic E-state index is 0.0181. The maximum absolute atomic E-state index is 10.6. The van der Waals surface area contributed by atoms with Crippen molar-refractivity contribution in [1.29, 1.82) is 0 Å². The number of hydrogen-bond donors (Lipinski definition) is 1. The number of amidine groups is 1. The number of nitrogens with zero attached hydrogens (tertiary/aromatic N) is 1. The third-order valence-electron chi connectivity index (χ3n) is 1.13. The van der Waals surface area contributed by atoms with Crippen LogP contribution in [0.5, 0.6) is 0 Å². The molecule has 0 atom stereocenters. The zero-order chi connectivity index (χ0) is 6.85. The van der Waals surface area contributed by atoms with Crippen LogP contribution in [0.1, 0.15) is 13.3 Å². The molecule has 0 aliphatic carbocycles. The van der Waals surface area contributed by atoms with E-state index in [0.29, 0.717) is 18.0 Å². The number of rotatable bonds is 1. The summed E-state index contributed by atoms with van der Waals surface area (Å²) in [6.45, 7) is 1.48. The van der Waals surface area contributed by atoms with Crippen molar-refractivity contribution in [2.24, 2.45) is 10.7 Å². The standard InChI is InChI=1S/C6H8N2O/c1-4(9)5-2-3-6(7)8-5/h2H,3H2,1H3,(H2,7,8). The Labute approximate surface area is 53.3 Å². The Morgan fingerprint density at radius 2 is 2.56 bits per heavy atom. The number of carbonyl (C=O) groups excluding carboxylic acids is 1. The topological polar surface area (TPSA) is 55.5 Å². The number of nitrogens with two attached hydrogens (primary N) is 1. The molecule has 9 heavy (non-hydrogen) atoms. The number of carbonyl (C=O) groups is 1. The van der Waals surface area contributed by atoms with E-state index >= 15 is 0 Å². The first-order chi connectivity index (χ1) is 4.20. The summed E-state index contributed by atoms with van der Waals surface area (Å²) in [7, 11) is 0. The van der Waals surface area contributed by atoms with Crippen molar-refractivity contribution >= 4 is 11.6 Å². The van der Waals surface area contributed by atoms with Gasteiger partial charge in [0, 0.05) is 13.3 Å². The van der Waals surface area contributed by atoms with Crippen molar-refractivity contribution in [3.05, 3.63) is 11.8 Å². The van der Waals surface area contributed by atoms with Crippen LogP contribution in [0, 0.1) is 0 Å². The maximum atomic E-state index is 10.6. The van der Waals surface area contributed by atoms with Crippen molar-refractivity contribution in [3.63, 3.8) is 0 Å². The lowest BCUT2D eigenvalue weighted by molar-refractivity contribution is -0.113. The van der Waals surface area contributed by atoms with Crippen molar-refractivity contribution in [2.75, 3.05) is 0 Å². The summed E-state index contributed by atoms with van der Waals surface area (Å²) in [4.78, 5) is 14.4. The second-order valence-corrected chi connectivity index (χ2v) is 1.95. The quantitative estimate of drug-likeness (QED) is 0.543. The molecule has 48 valence electrons. The number of Topliss-reactive ketones (excluding diaryl/α,β-unsaturated/α-hetero) is 1. The summed E-state index contributed by atoms with van der Waals surface area (Å²) in [5.74, 6) is 0.510. The van der Waals surface area contributed by atoms with Crippen LogP contribution in [-0.4, -0.2) is 11.6 Å². The molecule has 0 aromatic heterocycles. The Hall–Kier alpha value is -1.12. The predicted octanol–water partition coefficient (Wildman–Crippen LogP) is 0.220. The summed E-state index contributed by atoms with van der Waals surface area (Å²) in [5.41, 5.74) is 5.80. The molecule has 0 saturated carbocycles. The third kappa shape index (κ3) is 1.16. The molecule has 0 unspecified atom stereocenters. The second-order valence-electron chi connectivity index (χ2n) is 1.95. The van der Waals surface area contributed by atoms with Gasteiger partial charge >= 0.3 is 0 Å². The Kier molecular flexibility index (Phi) is 1.34. The summed E-state index contributed by atoms with van der Waals surface area (Å²) >= 11 is 0. The fourth-order valence-corrected chi connectivity index (χ4v) is 0.670. The van der Waals surface area contributed by atoms with Gasteiger partial charge in [-0.25, -0.2) is 4.99 Å². The van der Waals surface area contributed by atoms with E-state index in [1.165, 1.54) is 6.92 Å². The van der Waals surface area contributed by atoms with Crippen molar-refractivity contribution in [2.45, 2.75) is 13.3 Å². The van der Waals surface area contributed by atoms with Crippen LogP contribution in [0.3, 0.4) is 0 Å². The van der Waals surface area contributed by atoms with Gasteiger partial charge in [-0.3, -0.25) is 4.79 Å². The summed E-state index contributed by atoms with van der Waals surface area (Å²) in [5, 5.41) is 0. The van der Waals surface area contributed by atoms with Gasteiger partial charge in [0.05, 0.1) is 0 Å². The van der Waals surface area contributed by atoms with Gasteiger partial charge in [0.1, 0.15) is 11.5 Å². The Bertz CT molecular complexity index is 203. The first-order valence-electron chi connectivity index (χ1n) is 2.74. The van der Waals surface area contributed by atoms with E-state index in [1.807, 2.05) is 0 Å². The molecule has 1 aliphatic rings. The van der Waals surface area contributed by atoms with E-state index in [1.54, 1.807) is 6.08 Å². The smallest absolute Gasteiger partial charge is 0.177 e. The lowest BCUT2D eigenvalue weighted by Crippen LogP contribution is -2.06. The third-order valence-corrected chi connectivity index (χ3v) is 1.13. The van der Waals surface area contributed by atoms with Crippen LogP contribution in [0.25, 0.3) is 0 Å². The van der Waals surface area contributed by atoms with Gasteiger partial charge in [-0.1, -0.05) is 0 Å². The molecule has 0 aromatic carbocycles. The highest BCUT2D eigenvalue weighted by molar-refractivity contribution is 5.99. The fourth-order valence-electron chi connectivity index (χ4n) is 0.670. The van der Waals surface area contributed by atoms with E-state index in [-0.39, 0.29) is 5.78 Å². The van der Waals surface area contributed by atoms with Gasteiger partial charge in [0.15, 0.2) is 5.78 Å². The molecule has 1 aliphatic heterocycles. The molecule has 3 heteroatoms. The van der Waals surface area contributed by atoms with E-state index in [0.717, 1.165) is 0 Å².